The van der Waals surface area contributed by atoms with E-state index in [-0.39, 0.29) is 31.1 Å². The molecule has 0 N–H and O–H groups in total. The summed E-state index contributed by atoms with van der Waals surface area (Å²) in [7, 11) is 0. The zero-order valence-electron chi connectivity index (χ0n) is 16.0. The Bertz CT molecular complexity index is 1110. The second-order valence-electron chi connectivity index (χ2n) is 6.80. The molecular weight excluding hydrogens is 364 g/mol. The molecule has 0 amide bonds. The van der Waals surface area contributed by atoms with E-state index in [0.717, 1.165) is 4.57 Å². The molecule has 9 nitrogen and oxygen atoms in total. The first-order chi connectivity index (χ1) is 13.4. The Kier molecular flexibility index (Phi) is 5.72. The second kappa shape index (κ2) is 8.20. The molecule has 0 aliphatic heterocycles. The lowest BCUT2D eigenvalue weighted by Crippen LogP contribution is -2.40. The summed E-state index contributed by atoms with van der Waals surface area (Å²) < 4.78 is 12.6. The molecule has 0 aliphatic carbocycles. The number of hydrogen-bond acceptors (Lipinski definition) is 7. The van der Waals surface area contributed by atoms with Gasteiger partial charge < -0.3 is 9.26 Å². The van der Waals surface area contributed by atoms with Crippen molar-refractivity contribution in [3.8, 4) is 0 Å². The Morgan fingerprint density at radius 3 is 2.68 bits per heavy atom. The average molecular weight is 386 g/mol. The van der Waals surface area contributed by atoms with E-state index in [2.05, 4.69) is 10.1 Å². The minimum atomic E-state index is -0.642. The molecule has 2 heterocycles. The van der Waals surface area contributed by atoms with E-state index >= 15 is 0 Å². The molecule has 0 saturated heterocycles. The number of esters is 1. The highest BCUT2D eigenvalue weighted by Crippen LogP contribution is 2.09. The summed E-state index contributed by atoms with van der Waals surface area (Å²) in [5.74, 6) is 0.484. The van der Waals surface area contributed by atoms with E-state index in [4.69, 9.17) is 9.26 Å². The smallest absolute Gasteiger partial charge is 0.332 e. The van der Waals surface area contributed by atoms with Crippen LogP contribution in [0.25, 0.3) is 10.9 Å². The number of hydrogen-bond donors (Lipinski definition) is 0. The number of nitrogens with zero attached hydrogens (tertiary/aromatic N) is 4. The van der Waals surface area contributed by atoms with Gasteiger partial charge in [-0.3, -0.25) is 18.7 Å². The first-order valence-electron chi connectivity index (χ1n) is 9.10. The molecule has 3 aromatic rings. The number of carbonyl (C=O) groups excluding carboxylic acids is 1. The average Bonchev–Trinajstić information content (AvgIpc) is 3.10. The SMILES string of the molecule is CCn1c(=O)c2ccccc2n(CC(=O)OCc2nc(CC(C)C)no2)c1=O. The standard InChI is InChI=1S/C19H22N4O5/c1-4-22-18(25)13-7-5-6-8-14(13)23(19(22)26)10-17(24)27-11-16-20-15(21-28-16)9-12(2)3/h5-8,12H,4,9-11H2,1-3H3. The minimum Gasteiger partial charge on any atom is -0.454 e. The lowest BCUT2D eigenvalue weighted by atomic mass is 10.1. The zero-order valence-corrected chi connectivity index (χ0v) is 16.0. The van der Waals surface area contributed by atoms with Gasteiger partial charge in [-0.05, 0) is 25.0 Å². The van der Waals surface area contributed by atoms with Crippen molar-refractivity contribution in [1.29, 1.82) is 0 Å². The highest BCUT2D eigenvalue weighted by Gasteiger charge is 2.16. The summed E-state index contributed by atoms with van der Waals surface area (Å²) >= 11 is 0. The number of aromatic nitrogens is 4. The third-order valence-electron chi connectivity index (χ3n) is 4.19. The molecule has 0 aliphatic rings. The van der Waals surface area contributed by atoms with E-state index in [1.807, 2.05) is 13.8 Å². The van der Waals surface area contributed by atoms with Crippen LogP contribution in [0.5, 0.6) is 0 Å². The molecule has 0 spiro atoms. The van der Waals surface area contributed by atoms with Gasteiger partial charge in [0.05, 0.1) is 10.9 Å². The van der Waals surface area contributed by atoms with Crippen molar-refractivity contribution in [1.82, 2.24) is 19.3 Å². The maximum absolute atomic E-state index is 12.6. The molecule has 0 unspecified atom stereocenters. The van der Waals surface area contributed by atoms with Gasteiger partial charge in [0.2, 0.25) is 0 Å². The zero-order chi connectivity index (χ0) is 20.3. The lowest BCUT2D eigenvalue weighted by Gasteiger charge is -2.12. The van der Waals surface area contributed by atoms with Gasteiger partial charge in [0.25, 0.3) is 11.4 Å². The van der Waals surface area contributed by atoms with Crippen LogP contribution < -0.4 is 11.2 Å². The maximum Gasteiger partial charge on any atom is 0.332 e. The van der Waals surface area contributed by atoms with Gasteiger partial charge in [0.15, 0.2) is 12.4 Å². The fraction of sp³-hybridized carbons (Fsp3) is 0.421. The van der Waals surface area contributed by atoms with Crippen molar-refractivity contribution < 1.29 is 14.1 Å². The Morgan fingerprint density at radius 2 is 1.96 bits per heavy atom. The summed E-state index contributed by atoms with van der Waals surface area (Å²) in [4.78, 5) is 41.5. The third kappa shape index (κ3) is 4.03. The summed E-state index contributed by atoms with van der Waals surface area (Å²) in [6.07, 6.45) is 0.664. The van der Waals surface area contributed by atoms with Gasteiger partial charge in [-0.2, -0.15) is 4.98 Å². The number of fused-ring (bicyclic) bond motifs is 1. The molecule has 1 aromatic carbocycles. The van der Waals surface area contributed by atoms with Gasteiger partial charge in [-0.25, -0.2) is 4.79 Å². The molecule has 0 atom stereocenters. The summed E-state index contributed by atoms with van der Waals surface area (Å²) in [5.41, 5.74) is -0.549. The quantitative estimate of drug-likeness (QED) is 0.566. The van der Waals surface area contributed by atoms with E-state index in [9.17, 15) is 14.4 Å². The number of benzene rings is 1. The first kappa shape index (κ1) is 19.5. The topological polar surface area (TPSA) is 109 Å². The molecule has 148 valence electrons. The van der Waals surface area contributed by atoms with Gasteiger partial charge in [-0.1, -0.05) is 31.1 Å². The van der Waals surface area contributed by atoms with Crippen LogP contribution in [0.15, 0.2) is 38.4 Å². The normalized spacial score (nSPS) is 11.3. The van der Waals surface area contributed by atoms with Crippen LogP contribution in [0.1, 0.15) is 32.5 Å². The fourth-order valence-corrected chi connectivity index (χ4v) is 2.92. The minimum absolute atomic E-state index is 0.177. The van der Waals surface area contributed by atoms with Crippen molar-refractivity contribution >= 4 is 16.9 Å². The Labute approximate surface area is 160 Å². The molecule has 0 fully saturated rings. The van der Waals surface area contributed by atoms with E-state index < -0.39 is 11.7 Å². The fourth-order valence-electron chi connectivity index (χ4n) is 2.92. The molecule has 0 radical (unpaired) electrons. The van der Waals surface area contributed by atoms with Crippen molar-refractivity contribution in [3.63, 3.8) is 0 Å². The van der Waals surface area contributed by atoms with E-state index in [1.54, 1.807) is 31.2 Å². The van der Waals surface area contributed by atoms with E-state index in [1.165, 1.54) is 4.57 Å². The molecule has 0 saturated carbocycles. The van der Waals surface area contributed by atoms with Crippen LogP contribution in [-0.4, -0.2) is 25.2 Å². The largest absolute Gasteiger partial charge is 0.454 e. The molecular formula is C19H22N4O5. The highest BCUT2D eigenvalue weighted by molar-refractivity contribution is 5.79. The number of ether oxygens (including phenoxy) is 1. The number of rotatable bonds is 7. The predicted octanol–water partition coefficient (Wildman–Crippen LogP) is 1.51. The molecule has 2 aromatic heterocycles. The van der Waals surface area contributed by atoms with E-state index in [0.29, 0.717) is 29.1 Å². The Morgan fingerprint density at radius 1 is 1.21 bits per heavy atom. The maximum atomic E-state index is 12.6. The monoisotopic (exact) mass is 386 g/mol. The highest BCUT2D eigenvalue weighted by atomic mass is 16.6. The third-order valence-corrected chi connectivity index (χ3v) is 4.19. The van der Waals surface area contributed by atoms with Crippen molar-refractivity contribution in [2.45, 2.75) is 46.9 Å². The van der Waals surface area contributed by atoms with Crippen LogP contribution >= 0.6 is 0 Å². The van der Waals surface area contributed by atoms with Crippen molar-refractivity contribution in [2.75, 3.05) is 0 Å². The summed E-state index contributed by atoms with van der Waals surface area (Å²) in [6.45, 7) is 5.47. The molecule has 0 bridgehead atoms. The van der Waals surface area contributed by atoms with Crippen LogP contribution in [0.3, 0.4) is 0 Å². The van der Waals surface area contributed by atoms with Crippen LogP contribution in [0.2, 0.25) is 0 Å². The van der Waals surface area contributed by atoms with Crippen LogP contribution in [0.4, 0.5) is 0 Å². The van der Waals surface area contributed by atoms with Crippen LogP contribution in [0, 0.1) is 5.92 Å². The van der Waals surface area contributed by atoms with Gasteiger partial charge >= 0.3 is 11.7 Å². The predicted molar refractivity (Wildman–Crippen MR) is 101 cm³/mol. The number of carbonyl (C=O) groups is 1. The van der Waals surface area contributed by atoms with Crippen LogP contribution in [-0.2, 0) is 35.6 Å². The second-order valence-corrected chi connectivity index (χ2v) is 6.80. The Hall–Kier alpha value is -3.23. The molecule has 3 rings (SSSR count). The van der Waals surface area contributed by atoms with Gasteiger partial charge in [0.1, 0.15) is 6.54 Å². The van der Waals surface area contributed by atoms with Crippen molar-refractivity contribution in [3.05, 3.63) is 56.8 Å². The first-order valence-corrected chi connectivity index (χ1v) is 9.10. The summed E-state index contributed by atoms with van der Waals surface area (Å²) in [6, 6.07) is 6.66. The summed E-state index contributed by atoms with van der Waals surface area (Å²) in [5, 5.41) is 4.20. The molecule has 28 heavy (non-hydrogen) atoms. The van der Waals surface area contributed by atoms with Gasteiger partial charge in [0, 0.05) is 13.0 Å². The number of para-hydroxylation sites is 1. The lowest BCUT2D eigenvalue weighted by molar-refractivity contribution is -0.146. The molecule has 9 heteroatoms. The van der Waals surface area contributed by atoms with Crippen molar-refractivity contribution in [2.24, 2.45) is 5.92 Å². The Balaban J connectivity index is 1.79. The van der Waals surface area contributed by atoms with Gasteiger partial charge in [-0.15, -0.1) is 0 Å².